The third kappa shape index (κ3) is 3.14. The molecule has 88 valence electrons. The highest BCUT2D eigenvalue weighted by atomic mass is 16.6. The lowest BCUT2D eigenvalue weighted by atomic mass is 10.3. The molecule has 0 spiro atoms. The van der Waals surface area contributed by atoms with Crippen LogP contribution in [0.25, 0.3) is 0 Å². The van der Waals surface area contributed by atoms with Gasteiger partial charge in [-0.2, -0.15) is 0 Å². The summed E-state index contributed by atoms with van der Waals surface area (Å²) in [7, 11) is 1.33. The monoisotopic (exact) mass is 227 g/mol. The van der Waals surface area contributed by atoms with Gasteiger partial charge >= 0.3 is 5.69 Å². The van der Waals surface area contributed by atoms with Gasteiger partial charge in [-0.05, 0) is 0 Å². The van der Waals surface area contributed by atoms with Crippen molar-refractivity contribution in [3.63, 3.8) is 0 Å². The topological polar surface area (TPSA) is 101 Å². The van der Waals surface area contributed by atoms with Gasteiger partial charge in [0.25, 0.3) is 5.88 Å². The maximum Gasteiger partial charge on any atom is 0.331 e. The summed E-state index contributed by atoms with van der Waals surface area (Å²) in [6.07, 6.45) is 1.47. The highest BCUT2D eigenvalue weighted by molar-refractivity contribution is 5.42. The normalized spacial score (nSPS) is 10.1. The fourth-order valence-corrected chi connectivity index (χ4v) is 1.12. The van der Waals surface area contributed by atoms with E-state index in [4.69, 9.17) is 15.2 Å². The van der Waals surface area contributed by atoms with E-state index in [0.717, 1.165) is 0 Å². The maximum absolute atomic E-state index is 10.7. The minimum Gasteiger partial charge on any atom is -0.476 e. The summed E-state index contributed by atoms with van der Waals surface area (Å²) in [5, 5.41) is 10.7. The highest BCUT2D eigenvalue weighted by Gasteiger charge is 2.16. The summed E-state index contributed by atoms with van der Waals surface area (Å²) in [6, 6.07) is 1.38. The van der Waals surface area contributed by atoms with Gasteiger partial charge in [0.2, 0.25) is 0 Å². The quantitative estimate of drug-likeness (QED) is 0.430. The molecule has 1 aromatic rings. The first-order chi connectivity index (χ1) is 7.69. The summed E-state index contributed by atoms with van der Waals surface area (Å²) in [4.78, 5) is 14.0. The Morgan fingerprint density at radius 1 is 1.62 bits per heavy atom. The van der Waals surface area contributed by atoms with Crippen LogP contribution < -0.4 is 10.5 Å². The van der Waals surface area contributed by atoms with E-state index < -0.39 is 4.92 Å². The Kier molecular flexibility index (Phi) is 4.62. The van der Waals surface area contributed by atoms with Gasteiger partial charge in [-0.3, -0.25) is 10.1 Å². The van der Waals surface area contributed by atoms with E-state index in [-0.39, 0.29) is 18.2 Å². The summed E-state index contributed by atoms with van der Waals surface area (Å²) in [6.45, 7) is 1.06. The van der Waals surface area contributed by atoms with E-state index in [9.17, 15) is 10.1 Å². The van der Waals surface area contributed by atoms with Crippen LogP contribution in [0.2, 0.25) is 0 Å². The molecule has 16 heavy (non-hydrogen) atoms. The number of nitro groups is 1. The van der Waals surface area contributed by atoms with E-state index in [1.165, 1.54) is 19.4 Å². The minimum absolute atomic E-state index is 0.00688. The molecule has 2 N–H and O–H groups in total. The van der Waals surface area contributed by atoms with Gasteiger partial charge in [0.15, 0.2) is 0 Å². The predicted octanol–water partition coefficient (Wildman–Crippen LogP) is 0.474. The average molecular weight is 227 g/mol. The van der Waals surface area contributed by atoms with Crippen LogP contribution in [0.15, 0.2) is 12.3 Å². The van der Waals surface area contributed by atoms with Crippen molar-refractivity contribution in [1.29, 1.82) is 0 Å². The molecule has 0 saturated carbocycles. The Balaban J connectivity index is 2.81. The summed E-state index contributed by atoms with van der Waals surface area (Å²) < 4.78 is 9.92. The number of nitrogens with zero attached hydrogens (tertiary/aromatic N) is 2. The molecule has 0 aliphatic carbocycles. The van der Waals surface area contributed by atoms with Gasteiger partial charge in [-0.15, -0.1) is 0 Å². The Hall–Kier alpha value is -1.73. The number of hydrogen-bond donors (Lipinski definition) is 1. The Bertz CT molecular complexity index is 370. The zero-order valence-corrected chi connectivity index (χ0v) is 8.88. The second kappa shape index (κ2) is 5.99. The molecule has 1 aromatic heterocycles. The van der Waals surface area contributed by atoms with Crippen molar-refractivity contribution >= 4 is 5.69 Å². The number of aromatic nitrogens is 1. The van der Waals surface area contributed by atoms with Crippen LogP contribution in [0.3, 0.4) is 0 Å². The Morgan fingerprint density at radius 2 is 2.38 bits per heavy atom. The molecular formula is C9H13N3O4. The number of ether oxygens (including phenoxy) is 2. The van der Waals surface area contributed by atoms with Crippen LogP contribution in [-0.2, 0) is 11.3 Å². The van der Waals surface area contributed by atoms with Crippen molar-refractivity contribution in [2.45, 2.75) is 6.61 Å². The molecule has 0 unspecified atom stereocenters. The number of rotatable bonds is 6. The van der Waals surface area contributed by atoms with Gasteiger partial charge in [-0.25, -0.2) is 4.98 Å². The predicted molar refractivity (Wildman–Crippen MR) is 56.2 cm³/mol. The third-order valence-electron chi connectivity index (χ3n) is 1.81. The summed E-state index contributed by atoms with van der Waals surface area (Å²) >= 11 is 0. The number of pyridine rings is 1. The lowest BCUT2D eigenvalue weighted by Crippen LogP contribution is -2.08. The van der Waals surface area contributed by atoms with Crippen LogP contribution in [0.5, 0.6) is 5.88 Å². The first-order valence-corrected chi connectivity index (χ1v) is 4.64. The third-order valence-corrected chi connectivity index (χ3v) is 1.81. The fourth-order valence-electron chi connectivity index (χ4n) is 1.12. The van der Waals surface area contributed by atoms with Crippen LogP contribution >= 0.6 is 0 Å². The van der Waals surface area contributed by atoms with Gasteiger partial charge < -0.3 is 15.2 Å². The smallest absolute Gasteiger partial charge is 0.331 e. The molecule has 0 bridgehead atoms. The van der Waals surface area contributed by atoms with Crippen LogP contribution in [0.1, 0.15) is 5.56 Å². The molecule has 0 amide bonds. The molecule has 0 aromatic carbocycles. The molecule has 7 nitrogen and oxygen atoms in total. The lowest BCUT2D eigenvalue weighted by Gasteiger charge is -2.04. The molecule has 1 heterocycles. The molecule has 0 atom stereocenters. The molecule has 0 saturated heterocycles. The number of hydrogen-bond acceptors (Lipinski definition) is 6. The largest absolute Gasteiger partial charge is 0.476 e. The SMILES string of the molecule is COc1ncc(COCCN)cc1[N+](=O)[O-]. The molecule has 0 aliphatic heterocycles. The Labute approximate surface area is 92.3 Å². The summed E-state index contributed by atoms with van der Waals surface area (Å²) in [5.74, 6) is -0.00688. The first-order valence-electron chi connectivity index (χ1n) is 4.64. The van der Waals surface area contributed by atoms with Crippen molar-refractivity contribution in [1.82, 2.24) is 4.98 Å². The van der Waals surface area contributed by atoms with Crippen molar-refractivity contribution < 1.29 is 14.4 Å². The molecule has 1 rings (SSSR count). The van der Waals surface area contributed by atoms with Gasteiger partial charge in [-0.1, -0.05) is 0 Å². The molecule has 7 heteroatoms. The molecule has 0 aliphatic rings. The highest BCUT2D eigenvalue weighted by Crippen LogP contribution is 2.24. The first kappa shape index (κ1) is 12.3. The second-order valence-electron chi connectivity index (χ2n) is 2.97. The van der Waals surface area contributed by atoms with Crippen molar-refractivity contribution in [3.8, 4) is 5.88 Å². The van der Waals surface area contributed by atoms with E-state index in [1.54, 1.807) is 0 Å². The Morgan fingerprint density at radius 3 is 2.94 bits per heavy atom. The van der Waals surface area contributed by atoms with E-state index in [0.29, 0.717) is 18.7 Å². The van der Waals surface area contributed by atoms with Crippen LogP contribution in [-0.4, -0.2) is 30.2 Å². The minimum atomic E-state index is -0.543. The zero-order chi connectivity index (χ0) is 12.0. The van der Waals surface area contributed by atoms with E-state index in [2.05, 4.69) is 4.98 Å². The second-order valence-corrected chi connectivity index (χ2v) is 2.97. The van der Waals surface area contributed by atoms with Crippen molar-refractivity contribution in [2.24, 2.45) is 5.73 Å². The molecule has 0 fully saturated rings. The van der Waals surface area contributed by atoms with Crippen LogP contribution in [0.4, 0.5) is 5.69 Å². The van der Waals surface area contributed by atoms with E-state index >= 15 is 0 Å². The van der Waals surface area contributed by atoms with Crippen molar-refractivity contribution in [2.75, 3.05) is 20.3 Å². The molecular weight excluding hydrogens is 214 g/mol. The summed E-state index contributed by atoms with van der Waals surface area (Å²) in [5.41, 5.74) is 5.69. The average Bonchev–Trinajstić information content (AvgIpc) is 2.29. The molecule has 0 radical (unpaired) electrons. The van der Waals surface area contributed by atoms with Crippen molar-refractivity contribution in [3.05, 3.63) is 27.9 Å². The van der Waals surface area contributed by atoms with Gasteiger partial charge in [0.05, 0.1) is 25.2 Å². The zero-order valence-electron chi connectivity index (χ0n) is 8.88. The maximum atomic E-state index is 10.7. The van der Waals surface area contributed by atoms with Gasteiger partial charge in [0.1, 0.15) is 0 Å². The number of methoxy groups -OCH3 is 1. The lowest BCUT2D eigenvalue weighted by molar-refractivity contribution is -0.386. The van der Waals surface area contributed by atoms with Crippen LogP contribution in [0, 0.1) is 10.1 Å². The number of nitrogens with two attached hydrogens (primary N) is 1. The fraction of sp³-hybridized carbons (Fsp3) is 0.444. The van der Waals surface area contributed by atoms with E-state index in [1.807, 2.05) is 0 Å². The standard InChI is InChI=1S/C9H13N3O4/c1-15-9-8(12(13)14)4-7(5-11-9)6-16-3-2-10/h4-5H,2-3,6,10H2,1H3. The van der Waals surface area contributed by atoms with Gasteiger partial charge in [0, 0.05) is 24.4 Å².